The smallest absolute Gasteiger partial charge is 0.283 e. The average Bonchev–Trinajstić information content (AvgIpc) is 2.36. The highest BCUT2D eigenvalue weighted by Gasteiger charge is 2.12. The summed E-state index contributed by atoms with van der Waals surface area (Å²) in [6.07, 6.45) is 0. The van der Waals surface area contributed by atoms with Gasteiger partial charge in [0.05, 0.1) is 9.40 Å². The normalized spacial score (nSPS) is 10.3. The number of hydrogen-bond donors (Lipinski definition) is 1. The van der Waals surface area contributed by atoms with Crippen LogP contribution in [0.2, 0.25) is 0 Å². The molecular formula is C15H15BrN2O2. The molecule has 0 amide bonds. The molecule has 0 saturated heterocycles. The number of aryl methyl sites for hydroxylation is 2. The van der Waals surface area contributed by atoms with Crippen molar-refractivity contribution < 1.29 is 4.92 Å². The van der Waals surface area contributed by atoms with E-state index in [1.54, 1.807) is 12.1 Å². The lowest BCUT2D eigenvalue weighted by Gasteiger charge is -2.09. The predicted molar refractivity (Wildman–Crippen MR) is 84.0 cm³/mol. The molecule has 2 aromatic carbocycles. The van der Waals surface area contributed by atoms with Gasteiger partial charge in [-0.1, -0.05) is 12.1 Å². The molecule has 104 valence electrons. The Morgan fingerprint density at radius 2 is 1.80 bits per heavy atom. The van der Waals surface area contributed by atoms with Gasteiger partial charge in [0, 0.05) is 18.3 Å². The fourth-order valence-corrected chi connectivity index (χ4v) is 2.48. The molecule has 0 bridgehead atoms. The Morgan fingerprint density at radius 1 is 1.15 bits per heavy atom. The Bertz CT molecular complexity index is 636. The Balaban J connectivity index is 2.14. The lowest BCUT2D eigenvalue weighted by atomic mass is 10.1. The van der Waals surface area contributed by atoms with Crippen LogP contribution in [0, 0.1) is 24.0 Å². The van der Waals surface area contributed by atoms with E-state index in [-0.39, 0.29) is 10.6 Å². The molecule has 2 rings (SSSR count). The van der Waals surface area contributed by atoms with Crippen molar-refractivity contribution in [3.63, 3.8) is 0 Å². The summed E-state index contributed by atoms with van der Waals surface area (Å²) in [7, 11) is 0. The minimum absolute atomic E-state index is 0.0877. The summed E-state index contributed by atoms with van der Waals surface area (Å²) in [5.41, 5.74) is 4.36. The number of anilines is 1. The van der Waals surface area contributed by atoms with Crippen LogP contribution in [-0.4, -0.2) is 4.92 Å². The minimum atomic E-state index is -0.385. The molecule has 0 aromatic heterocycles. The summed E-state index contributed by atoms with van der Waals surface area (Å²) in [4.78, 5) is 10.5. The molecule has 0 radical (unpaired) electrons. The van der Waals surface area contributed by atoms with Crippen LogP contribution in [0.3, 0.4) is 0 Å². The van der Waals surface area contributed by atoms with E-state index in [1.807, 2.05) is 19.9 Å². The summed E-state index contributed by atoms with van der Waals surface area (Å²) < 4.78 is 0.498. The number of nitro groups is 1. The quantitative estimate of drug-likeness (QED) is 0.657. The molecule has 2 aromatic rings. The van der Waals surface area contributed by atoms with Crippen molar-refractivity contribution in [3.05, 3.63) is 67.7 Å². The maximum Gasteiger partial charge on any atom is 0.283 e. The molecule has 0 aliphatic carbocycles. The summed E-state index contributed by atoms with van der Waals surface area (Å²) in [5, 5.41) is 14.2. The maximum absolute atomic E-state index is 10.9. The third kappa shape index (κ3) is 3.57. The number of nitrogens with one attached hydrogen (secondary N) is 1. The van der Waals surface area contributed by atoms with Crippen LogP contribution in [0.5, 0.6) is 0 Å². The standard InChI is InChI=1S/C15H15BrN2O2/c1-10-5-11(2)7-13(6-10)17-9-12-3-4-14(16)15(8-12)18(19)20/h3-8,17H,9H2,1-2H3. The number of halogens is 1. The van der Waals surface area contributed by atoms with Gasteiger partial charge in [0.15, 0.2) is 0 Å². The van der Waals surface area contributed by atoms with Gasteiger partial charge in [-0.3, -0.25) is 10.1 Å². The second-order valence-electron chi connectivity index (χ2n) is 4.77. The fourth-order valence-electron chi connectivity index (χ4n) is 2.09. The van der Waals surface area contributed by atoms with Crippen molar-refractivity contribution in [2.75, 3.05) is 5.32 Å². The van der Waals surface area contributed by atoms with Gasteiger partial charge in [-0.25, -0.2) is 0 Å². The highest BCUT2D eigenvalue weighted by molar-refractivity contribution is 9.10. The Kier molecular flexibility index (Phi) is 4.39. The third-order valence-corrected chi connectivity index (χ3v) is 3.60. The van der Waals surface area contributed by atoms with Gasteiger partial charge in [-0.2, -0.15) is 0 Å². The van der Waals surface area contributed by atoms with Crippen LogP contribution in [0.1, 0.15) is 16.7 Å². The molecule has 0 spiro atoms. The van der Waals surface area contributed by atoms with Crippen LogP contribution in [-0.2, 0) is 6.54 Å². The molecule has 0 unspecified atom stereocenters. The van der Waals surface area contributed by atoms with E-state index in [9.17, 15) is 10.1 Å². The van der Waals surface area contributed by atoms with E-state index in [4.69, 9.17) is 0 Å². The van der Waals surface area contributed by atoms with Crippen LogP contribution in [0.25, 0.3) is 0 Å². The number of hydrogen-bond acceptors (Lipinski definition) is 3. The summed E-state index contributed by atoms with van der Waals surface area (Å²) in [5.74, 6) is 0. The first-order valence-corrected chi connectivity index (χ1v) is 7.00. The Morgan fingerprint density at radius 3 is 2.40 bits per heavy atom. The minimum Gasteiger partial charge on any atom is -0.381 e. The average molecular weight is 335 g/mol. The van der Waals surface area contributed by atoms with Gasteiger partial charge in [0.1, 0.15) is 0 Å². The molecule has 1 N–H and O–H groups in total. The molecule has 0 aliphatic rings. The van der Waals surface area contributed by atoms with Crippen molar-refractivity contribution in [3.8, 4) is 0 Å². The van der Waals surface area contributed by atoms with E-state index in [0.717, 1.165) is 11.3 Å². The third-order valence-electron chi connectivity index (χ3n) is 2.93. The van der Waals surface area contributed by atoms with Gasteiger partial charge in [0.25, 0.3) is 5.69 Å². The zero-order valence-corrected chi connectivity index (χ0v) is 12.9. The predicted octanol–water partition coefficient (Wildman–Crippen LogP) is 4.59. The lowest BCUT2D eigenvalue weighted by molar-refractivity contribution is -0.385. The largest absolute Gasteiger partial charge is 0.381 e. The number of nitrogens with zero attached hydrogens (tertiary/aromatic N) is 1. The van der Waals surface area contributed by atoms with Gasteiger partial charge >= 0.3 is 0 Å². The van der Waals surface area contributed by atoms with Gasteiger partial charge in [-0.05, 0) is 64.7 Å². The van der Waals surface area contributed by atoms with Crippen molar-refractivity contribution in [2.45, 2.75) is 20.4 Å². The van der Waals surface area contributed by atoms with Gasteiger partial charge < -0.3 is 5.32 Å². The van der Waals surface area contributed by atoms with E-state index in [1.165, 1.54) is 11.1 Å². The van der Waals surface area contributed by atoms with Crippen LogP contribution < -0.4 is 5.32 Å². The zero-order chi connectivity index (χ0) is 14.7. The molecule has 0 heterocycles. The molecule has 4 nitrogen and oxygen atoms in total. The van der Waals surface area contributed by atoms with Gasteiger partial charge in [0.2, 0.25) is 0 Å². The summed E-state index contributed by atoms with van der Waals surface area (Å²) in [6, 6.07) is 11.4. The first kappa shape index (κ1) is 14.5. The second kappa shape index (κ2) is 6.05. The van der Waals surface area contributed by atoms with Crippen molar-refractivity contribution in [1.29, 1.82) is 0 Å². The number of rotatable bonds is 4. The van der Waals surface area contributed by atoms with E-state index in [2.05, 4.69) is 39.4 Å². The van der Waals surface area contributed by atoms with E-state index < -0.39 is 0 Å². The highest BCUT2D eigenvalue weighted by atomic mass is 79.9. The van der Waals surface area contributed by atoms with Crippen molar-refractivity contribution >= 4 is 27.3 Å². The first-order chi connectivity index (χ1) is 9.45. The zero-order valence-electron chi connectivity index (χ0n) is 11.3. The van der Waals surface area contributed by atoms with Crippen molar-refractivity contribution in [2.24, 2.45) is 0 Å². The second-order valence-corrected chi connectivity index (χ2v) is 5.63. The van der Waals surface area contributed by atoms with Crippen LogP contribution in [0.4, 0.5) is 11.4 Å². The Hall–Kier alpha value is -1.88. The van der Waals surface area contributed by atoms with Gasteiger partial charge in [-0.15, -0.1) is 0 Å². The van der Waals surface area contributed by atoms with E-state index >= 15 is 0 Å². The maximum atomic E-state index is 10.9. The van der Waals surface area contributed by atoms with E-state index in [0.29, 0.717) is 11.0 Å². The number of nitro benzene ring substituents is 1. The lowest BCUT2D eigenvalue weighted by Crippen LogP contribution is -2.01. The van der Waals surface area contributed by atoms with Crippen LogP contribution >= 0.6 is 15.9 Å². The SMILES string of the molecule is Cc1cc(C)cc(NCc2ccc(Br)c([N+](=O)[O-])c2)c1. The van der Waals surface area contributed by atoms with Crippen LogP contribution in [0.15, 0.2) is 40.9 Å². The van der Waals surface area contributed by atoms with Crippen molar-refractivity contribution in [1.82, 2.24) is 0 Å². The molecule has 0 saturated carbocycles. The monoisotopic (exact) mass is 334 g/mol. The summed E-state index contributed by atoms with van der Waals surface area (Å²) in [6.45, 7) is 4.64. The molecule has 5 heteroatoms. The molecule has 0 aliphatic heterocycles. The molecule has 0 atom stereocenters. The molecular weight excluding hydrogens is 320 g/mol. The fraction of sp³-hybridized carbons (Fsp3) is 0.200. The molecule has 0 fully saturated rings. The first-order valence-electron chi connectivity index (χ1n) is 6.20. The number of benzene rings is 2. The topological polar surface area (TPSA) is 55.2 Å². The molecule has 20 heavy (non-hydrogen) atoms. The summed E-state index contributed by atoms with van der Waals surface area (Å²) >= 11 is 3.18. The Labute approximate surface area is 126 Å². The highest BCUT2D eigenvalue weighted by Crippen LogP contribution is 2.26.